The third-order valence-electron chi connectivity index (χ3n) is 4.36. The normalized spacial score (nSPS) is 29.7. The Labute approximate surface area is 126 Å². The predicted molar refractivity (Wildman–Crippen MR) is 83.4 cm³/mol. The first-order valence-corrected chi connectivity index (χ1v) is 7.91. The van der Waals surface area contributed by atoms with Crippen LogP contribution in [0, 0.1) is 0 Å². The predicted octanol–water partition coefficient (Wildman–Crippen LogP) is 2.29. The van der Waals surface area contributed by atoms with Gasteiger partial charge in [-0.15, -0.1) is 0 Å². The van der Waals surface area contributed by atoms with Crippen molar-refractivity contribution >= 4 is 11.6 Å². The Hall–Kier alpha value is -1.55. The van der Waals surface area contributed by atoms with Crippen LogP contribution in [0.2, 0.25) is 0 Å². The quantitative estimate of drug-likeness (QED) is 0.837. The van der Waals surface area contributed by atoms with E-state index in [4.69, 9.17) is 4.74 Å². The Balaban J connectivity index is 1.74. The number of hydrogen-bond acceptors (Lipinski definition) is 3. The first kappa shape index (κ1) is 14.4. The van der Waals surface area contributed by atoms with Crippen LogP contribution in [0.5, 0.6) is 0 Å². The zero-order valence-electron chi connectivity index (χ0n) is 12.9. The number of amides is 1. The maximum atomic E-state index is 12.9. The lowest BCUT2D eigenvalue weighted by Gasteiger charge is -2.38. The van der Waals surface area contributed by atoms with Crippen LogP contribution in [-0.2, 0) is 9.53 Å². The van der Waals surface area contributed by atoms with Gasteiger partial charge in [0.25, 0.3) is 0 Å². The first-order chi connectivity index (χ1) is 10.1. The van der Waals surface area contributed by atoms with Crippen molar-refractivity contribution in [2.75, 3.05) is 24.5 Å². The molecular weight excluding hydrogens is 264 g/mol. The van der Waals surface area contributed by atoms with E-state index in [0.717, 1.165) is 25.1 Å². The Morgan fingerprint density at radius 1 is 1.14 bits per heavy atom. The first-order valence-electron chi connectivity index (χ1n) is 7.91. The van der Waals surface area contributed by atoms with Crippen molar-refractivity contribution < 1.29 is 9.53 Å². The van der Waals surface area contributed by atoms with E-state index in [-0.39, 0.29) is 24.2 Å². The highest BCUT2D eigenvalue weighted by Crippen LogP contribution is 2.27. The topological polar surface area (TPSA) is 32.8 Å². The van der Waals surface area contributed by atoms with Crippen LogP contribution in [-0.4, -0.2) is 48.7 Å². The second kappa shape index (κ2) is 6.06. The summed E-state index contributed by atoms with van der Waals surface area (Å²) in [5.74, 6) is 0.262. The number of para-hydroxylation sites is 1. The second-order valence-corrected chi connectivity index (χ2v) is 6.19. The number of morpholine rings is 1. The molecule has 0 spiro atoms. The molecule has 0 saturated carbocycles. The second-order valence-electron chi connectivity index (χ2n) is 6.19. The number of rotatable bonds is 2. The average Bonchev–Trinajstić information content (AvgIpc) is 2.95. The smallest absolute Gasteiger partial charge is 0.245 e. The van der Waals surface area contributed by atoms with Crippen LogP contribution in [0.4, 0.5) is 5.69 Å². The molecule has 4 nitrogen and oxygen atoms in total. The Bertz CT molecular complexity index is 481. The third-order valence-corrected chi connectivity index (χ3v) is 4.36. The number of nitrogens with zero attached hydrogens (tertiary/aromatic N) is 2. The molecule has 1 aromatic rings. The minimum absolute atomic E-state index is 0.00935. The van der Waals surface area contributed by atoms with Crippen LogP contribution >= 0.6 is 0 Å². The molecule has 0 bridgehead atoms. The molecule has 0 unspecified atom stereocenters. The van der Waals surface area contributed by atoms with Crippen molar-refractivity contribution in [3.05, 3.63) is 30.3 Å². The van der Waals surface area contributed by atoms with E-state index in [9.17, 15) is 4.79 Å². The van der Waals surface area contributed by atoms with Gasteiger partial charge in [0.1, 0.15) is 6.04 Å². The fourth-order valence-corrected chi connectivity index (χ4v) is 3.52. The van der Waals surface area contributed by atoms with Gasteiger partial charge in [0.2, 0.25) is 5.91 Å². The van der Waals surface area contributed by atoms with E-state index >= 15 is 0 Å². The number of benzene rings is 1. The monoisotopic (exact) mass is 288 g/mol. The highest BCUT2D eigenvalue weighted by atomic mass is 16.5. The largest absolute Gasteiger partial charge is 0.372 e. The Morgan fingerprint density at radius 3 is 2.48 bits per heavy atom. The molecule has 4 heteroatoms. The van der Waals surface area contributed by atoms with E-state index in [1.807, 2.05) is 36.9 Å². The lowest BCUT2D eigenvalue weighted by molar-refractivity contribution is -0.144. The molecule has 2 fully saturated rings. The van der Waals surface area contributed by atoms with E-state index in [2.05, 4.69) is 17.0 Å². The summed E-state index contributed by atoms with van der Waals surface area (Å²) in [6.07, 6.45) is 2.29. The minimum Gasteiger partial charge on any atom is -0.372 e. The number of carbonyl (C=O) groups excluding carboxylic acids is 1. The van der Waals surface area contributed by atoms with Gasteiger partial charge in [0.15, 0.2) is 0 Å². The molecular formula is C17H24N2O2. The summed E-state index contributed by atoms with van der Waals surface area (Å²) in [7, 11) is 0. The number of ether oxygens (including phenoxy) is 1. The summed E-state index contributed by atoms with van der Waals surface area (Å²) >= 11 is 0. The van der Waals surface area contributed by atoms with Gasteiger partial charge in [0.05, 0.1) is 12.2 Å². The highest BCUT2D eigenvalue weighted by molar-refractivity contribution is 5.86. The van der Waals surface area contributed by atoms with Crippen molar-refractivity contribution in [2.45, 2.75) is 44.9 Å². The maximum Gasteiger partial charge on any atom is 0.245 e. The molecule has 0 aliphatic carbocycles. The molecule has 0 N–H and O–H groups in total. The summed E-state index contributed by atoms with van der Waals surface area (Å²) in [5.41, 5.74) is 1.16. The molecule has 2 aliphatic rings. The van der Waals surface area contributed by atoms with Crippen LogP contribution in [0.25, 0.3) is 0 Å². The van der Waals surface area contributed by atoms with Gasteiger partial charge >= 0.3 is 0 Å². The zero-order valence-corrected chi connectivity index (χ0v) is 12.9. The summed E-state index contributed by atoms with van der Waals surface area (Å²) in [6.45, 7) is 6.47. The Morgan fingerprint density at radius 2 is 1.81 bits per heavy atom. The van der Waals surface area contributed by atoms with Gasteiger partial charge < -0.3 is 14.5 Å². The number of anilines is 1. The standard InChI is InChI=1S/C17H24N2O2/c1-13-11-18(12-14(2)21-13)17(20)16-9-6-10-19(16)15-7-4-3-5-8-15/h3-5,7-8,13-14,16H,6,9-12H2,1-2H3/t13-,14+,16-/m1/s1. The van der Waals surface area contributed by atoms with Gasteiger partial charge in [-0.1, -0.05) is 18.2 Å². The van der Waals surface area contributed by atoms with E-state index < -0.39 is 0 Å². The molecule has 2 aliphatic heterocycles. The lowest BCUT2D eigenvalue weighted by Crippen LogP contribution is -2.53. The van der Waals surface area contributed by atoms with Crippen LogP contribution in [0.3, 0.4) is 0 Å². The van der Waals surface area contributed by atoms with Crippen molar-refractivity contribution in [3.63, 3.8) is 0 Å². The number of carbonyl (C=O) groups is 1. The van der Waals surface area contributed by atoms with Gasteiger partial charge in [-0.3, -0.25) is 4.79 Å². The summed E-state index contributed by atoms with van der Waals surface area (Å²) in [6, 6.07) is 10.3. The van der Waals surface area contributed by atoms with E-state index in [0.29, 0.717) is 13.1 Å². The molecule has 2 saturated heterocycles. The van der Waals surface area contributed by atoms with Crippen molar-refractivity contribution in [2.24, 2.45) is 0 Å². The molecule has 1 amide bonds. The van der Waals surface area contributed by atoms with Gasteiger partial charge in [-0.2, -0.15) is 0 Å². The number of hydrogen-bond donors (Lipinski definition) is 0. The molecule has 3 rings (SSSR count). The molecule has 2 heterocycles. The van der Waals surface area contributed by atoms with Gasteiger partial charge in [0, 0.05) is 25.3 Å². The summed E-state index contributed by atoms with van der Waals surface area (Å²) < 4.78 is 5.73. The lowest BCUT2D eigenvalue weighted by atomic mass is 10.1. The maximum absolute atomic E-state index is 12.9. The Kier molecular flexibility index (Phi) is 4.15. The fourth-order valence-electron chi connectivity index (χ4n) is 3.52. The van der Waals surface area contributed by atoms with Crippen molar-refractivity contribution in [1.29, 1.82) is 0 Å². The highest BCUT2D eigenvalue weighted by Gasteiger charge is 2.36. The SMILES string of the molecule is C[C@@H]1CN(C(=O)[C@H]2CCCN2c2ccccc2)C[C@H](C)O1. The molecule has 0 radical (unpaired) electrons. The van der Waals surface area contributed by atoms with Crippen LogP contribution in [0.1, 0.15) is 26.7 Å². The minimum atomic E-state index is -0.00935. The molecule has 114 valence electrons. The molecule has 21 heavy (non-hydrogen) atoms. The summed E-state index contributed by atoms with van der Waals surface area (Å²) in [4.78, 5) is 17.2. The third kappa shape index (κ3) is 3.05. The summed E-state index contributed by atoms with van der Waals surface area (Å²) in [5, 5.41) is 0. The fraction of sp³-hybridized carbons (Fsp3) is 0.588. The van der Waals surface area contributed by atoms with E-state index in [1.165, 1.54) is 0 Å². The molecule has 3 atom stereocenters. The van der Waals surface area contributed by atoms with E-state index in [1.54, 1.807) is 0 Å². The van der Waals surface area contributed by atoms with Crippen molar-refractivity contribution in [1.82, 2.24) is 4.90 Å². The average molecular weight is 288 g/mol. The van der Waals surface area contributed by atoms with Gasteiger partial charge in [-0.25, -0.2) is 0 Å². The van der Waals surface area contributed by atoms with Gasteiger partial charge in [-0.05, 0) is 38.8 Å². The molecule has 0 aromatic heterocycles. The molecule has 1 aromatic carbocycles. The van der Waals surface area contributed by atoms with Crippen LogP contribution in [0.15, 0.2) is 30.3 Å². The van der Waals surface area contributed by atoms with Crippen molar-refractivity contribution in [3.8, 4) is 0 Å². The van der Waals surface area contributed by atoms with Crippen LogP contribution < -0.4 is 4.90 Å². The zero-order chi connectivity index (χ0) is 14.8.